The molecule has 4 nitrogen and oxygen atoms in total. The van der Waals surface area contributed by atoms with E-state index in [9.17, 15) is 4.79 Å². The van der Waals surface area contributed by atoms with E-state index >= 15 is 0 Å². The minimum Gasteiger partial charge on any atom is -0.357 e. The lowest BCUT2D eigenvalue weighted by Crippen LogP contribution is -2.41. The number of halogens is 1. The quantitative estimate of drug-likeness (QED) is 0.820. The molecule has 1 aliphatic carbocycles. The molecule has 0 radical (unpaired) electrons. The SMILES string of the molecule is O=C(NCCC1=CCCCC1)C1CCN(c2ccc(Cl)cn2)CC1. The highest BCUT2D eigenvalue weighted by Crippen LogP contribution is 2.23. The smallest absolute Gasteiger partial charge is 0.223 e. The van der Waals surface area contributed by atoms with Crippen molar-refractivity contribution >= 4 is 23.3 Å². The van der Waals surface area contributed by atoms with E-state index in [4.69, 9.17) is 11.6 Å². The second-order valence-electron chi connectivity index (χ2n) is 6.75. The average molecular weight is 348 g/mol. The number of hydrogen-bond donors (Lipinski definition) is 1. The molecular formula is C19H26ClN3O. The molecule has 0 unspecified atom stereocenters. The van der Waals surface area contributed by atoms with Gasteiger partial charge in [0.25, 0.3) is 0 Å². The molecule has 24 heavy (non-hydrogen) atoms. The highest BCUT2D eigenvalue weighted by atomic mass is 35.5. The number of anilines is 1. The van der Waals surface area contributed by atoms with E-state index in [2.05, 4.69) is 21.3 Å². The maximum Gasteiger partial charge on any atom is 0.223 e. The molecule has 0 aromatic carbocycles. The van der Waals surface area contributed by atoms with Crippen LogP contribution in [0.1, 0.15) is 44.9 Å². The molecule has 1 saturated heterocycles. The van der Waals surface area contributed by atoms with Crippen molar-refractivity contribution in [2.75, 3.05) is 24.5 Å². The number of rotatable bonds is 5. The minimum absolute atomic E-state index is 0.133. The first-order valence-electron chi connectivity index (χ1n) is 9.04. The van der Waals surface area contributed by atoms with Crippen LogP contribution in [0.3, 0.4) is 0 Å². The summed E-state index contributed by atoms with van der Waals surface area (Å²) in [5.74, 6) is 1.30. The van der Waals surface area contributed by atoms with Gasteiger partial charge in [-0.2, -0.15) is 0 Å². The maximum absolute atomic E-state index is 12.3. The Morgan fingerprint density at radius 3 is 2.79 bits per heavy atom. The number of aromatic nitrogens is 1. The Labute approximate surface area is 149 Å². The Morgan fingerprint density at radius 2 is 2.12 bits per heavy atom. The van der Waals surface area contributed by atoms with Gasteiger partial charge in [-0.1, -0.05) is 23.3 Å². The number of nitrogens with one attached hydrogen (secondary N) is 1. The summed E-state index contributed by atoms with van der Waals surface area (Å²) >= 11 is 5.88. The molecule has 0 saturated carbocycles. The Hall–Kier alpha value is -1.55. The topological polar surface area (TPSA) is 45.2 Å². The zero-order valence-electron chi connectivity index (χ0n) is 14.1. The number of hydrogen-bond acceptors (Lipinski definition) is 3. The van der Waals surface area contributed by atoms with Crippen molar-refractivity contribution in [3.05, 3.63) is 35.0 Å². The van der Waals surface area contributed by atoms with Crippen molar-refractivity contribution in [2.24, 2.45) is 5.92 Å². The molecule has 1 amide bonds. The number of carbonyl (C=O) groups excluding carboxylic acids is 1. The van der Waals surface area contributed by atoms with Crippen molar-refractivity contribution in [3.63, 3.8) is 0 Å². The number of amides is 1. The van der Waals surface area contributed by atoms with E-state index in [1.165, 1.54) is 31.3 Å². The summed E-state index contributed by atoms with van der Waals surface area (Å²) in [6, 6.07) is 3.81. The van der Waals surface area contributed by atoms with Gasteiger partial charge in [-0.15, -0.1) is 0 Å². The molecule has 1 aliphatic heterocycles. The predicted octanol–water partition coefficient (Wildman–Crippen LogP) is 3.96. The number of nitrogens with zero attached hydrogens (tertiary/aromatic N) is 2. The summed E-state index contributed by atoms with van der Waals surface area (Å²) in [6.45, 7) is 2.53. The van der Waals surface area contributed by atoms with Gasteiger partial charge in [-0.05, 0) is 57.1 Å². The molecule has 0 atom stereocenters. The van der Waals surface area contributed by atoms with Crippen LogP contribution in [0.4, 0.5) is 5.82 Å². The molecule has 1 fully saturated rings. The normalized spacial score (nSPS) is 19.0. The van der Waals surface area contributed by atoms with Gasteiger partial charge in [0.15, 0.2) is 0 Å². The third kappa shape index (κ3) is 4.73. The number of pyridine rings is 1. The van der Waals surface area contributed by atoms with Crippen LogP contribution in [0.2, 0.25) is 5.02 Å². The maximum atomic E-state index is 12.3. The second-order valence-corrected chi connectivity index (χ2v) is 7.18. The van der Waals surface area contributed by atoms with Gasteiger partial charge in [-0.25, -0.2) is 4.98 Å². The van der Waals surface area contributed by atoms with Gasteiger partial charge in [-0.3, -0.25) is 4.79 Å². The fraction of sp³-hybridized carbons (Fsp3) is 0.579. The summed E-state index contributed by atoms with van der Waals surface area (Å²) < 4.78 is 0. The Balaban J connectivity index is 1.40. The van der Waals surface area contributed by atoms with Gasteiger partial charge in [0, 0.05) is 31.7 Å². The zero-order chi connectivity index (χ0) is 16.8. The van der Waals surface area contributed by atoms with Crippen molar-refractivity contribution in [1.29, 1.82) is 0 Å². The van der Waals surface area contributed by atoms with E-state index < -0.39 is 0 Å². The van der Waals surface area contributed by atoms with Crippen LogP contribution >= 0.6 is 11.6 Å². The lowest BCUT2D eigenvalue weighted by atomic mass is 9.95. The minimum atomic E-state index is 0.133. The van der Waals surface area contributed by atoms with Gasteiger partial charge in [0.1, 0.15) is 5.82 Å². The highest BCUT2D eigenvalue weighted by molar-refractivity contribution is 6.30. The Kier molecular flexibility index (Phi) is 6.13. The van der Waals surface area contributed by atoms with Gasteiger partial charge in [0.2, 0.25) is 5.91 Å². The fourth-order valence-corrected chi connectivity index (χ4v) is 3.66. The van der Waals surface area contributed by atoms with E-state index in [1.54, 1.807) is 6.20 Å². The van der Waals surface area contributed by atoms with Crippen LogP contribution in [0.5, 0.6) is 0 Å². The number of carbonyl (C=O) groups is 1. The summed E-state index contributed by atoms with van der Waals surface area (Å²) in [4.78, 5) is 18.9. The summed E-state index contributed by atoms with van der Waals surface area (Å²) in [5, 5.41) is 3.78. The standard InChI is InChI=1S/C19H26ClN3O/c20-17-6-7-18(22-14-17)23-12-9-16(10-13-23)19(24)21-11-8-15-4-2-1-3-5-15/h4,6-7,14,16H,1-3,5,8-13H2,(H,21,24). The van der Waals surface area contributed by atoms with Gasteiger partial charge >= 0.3 is 0 Å². The van der Waals surface area contributed by atoms with E-state index in [1.807, 2.05) is 12.1 Å². The summed E-state index contributed by atoms with van der Waals surface area (Å²) in [6.07, 6.45) is 11.9. The summed E-state index contributed by atoms with van der Waals surface area (Å²) in [5.41, 5.74) is 1.52. The van der Waals surface area contributed by atoms with Gasteiger partial charge in [0.05, 0.1) is 5.02 Å². The van der Waals surface area contributed by atoms with Crippen molar-refractivity contribution in [1.82, 2.24) is 10.3 Å². The largest absolute Gasteiger partial charge is 0.357 e. The molecule has 1 aromatic heterocycles. The van der Waals surface area contributed by atoms with Crippen LogP contribution in [-0.2, 0) is 4.79 Å². The first-order chi connectivity index (χ1) is 11.7. The molecule has 2 aliphatic rings. The van der Waals surface area contributed by atoms with Crippen LogP contribution in [0.15, 0.2) is 30.0 Å². The monoisotopic (exact) mass is 347 g/mol. The Morgan fingerprint density at radius 1 is 1.29 bits per heavy atom. The van der Waals surface area contributed by atoms with Crippen molar-refractivity contribution in [2.45, 2.75) is 44.9 Å². The molecule has 3 rings (SSSR count). The highest BCUT2D eigenvalue weighted by Gasteiger charge is 2.25. The van der Waals surface area contributed by atoms with Gasteiger partial charge < -0.3 is 10.2 Å². The average Bonchev–Trinajstić information content (AvgIpc) is 2.63. The second kappa shape index (κ2) is 8.52. The third-order valence-electron chi connectivity index (χ3n) is 5.03. The molecule has 130 valence electrons. The summed E-state index contributed by atoms with van der Waals surface area (Å²) in [7, 11) is 0. The van der Waals surface area contributed by atoms with E-state index in [-0.39, 0.29) is 11.8 Å². The molecule has 5 heteroatoms. The van der Waals surface area contributed by atoms with E-state index in [0.717, 1.165) is 44.7 Å². The van der Waals surface area contributed by atoms with Crippen LogP contribution in [-0.4, -0.2) is 30.5 Å². The van der Waals surface area contributed by atoms with Crippen LogP contribution in [0.25, 0.3) is 0 Å². The Bertz CT molecular complexity index is 577. The first-order valence-corrected chi connectivity index (χ1v) is 9.42. The fourth-order valence-electron chi connectivity index (χ4n) is 3.55. The lowest BCUT2D eigenvalue weighted by Gasteiger charge is -2.32. The molecule has 0 spiro atoms. The zero-order valence-corrected chi connectivity index (χ0v) is 14.9. The van der Waals surface area contributed by atoms with Crippen molar-refractivity contribution in [3.8, 4) is 0 Å². The number of allylic oxidation sites excluding steroid dienone is 1. The molecular weight excluding hydrogens is 322 g/mol. The molecule has 1 aromatic rings. The van der Waals surface area contributed by atoms with Crippen LogP contribution < -0.4 is 10.2 Å². The lowest BCUT2D eigenvalue weighted by molar-refractivity contribution is -0.125. The number of piperidine rings is 1. The molecule has 0 bridgehead atoms. The third-order valence-corrected chi connectivity index (χ3v) is 5.26. The first kappa shape index (κ1) is 17.3. The van der Waals surface area contributed by atoms with E-state index in [0.29, 0.717) is 5.02 Å². The van der Waals surface area contributed by atoms with Crippen molar-refractivity contribution < 1.29 is 4.79 Å². The molecule has 2 heterocycles. The predicted molar refractivity (Wildman–Crippen MR) is 98.4 cm³/mol. The molecule has 1 N–H and O–H groups in total. The van der Waals surface area contributed by atoms with Crippen LogP contribution in [0, 0.1) is 5.92 Å².